The second kappa shape index (κ2) is 7.72. The fraction of sp³-hybridized carbons (Fsp3) is 0.263. The van der Waals surface area contributed by atoms with E-state index in [1.807, 2.05) is 24.3 Å². The Balaban J connectivity index is 1.69. The summed E-state index contributed by atoms with van der Waals surface area (Å²) in [7, 11) is 0. The van der Waals surface area contributed by atoms with Crippen LogP contribution in [0, 0.1) is 5.82 Å². The lowest BCUT2D eigenvalue weighted by Gasteiger charge is -2.17. The predicted octanol–water partition coefficient (Wildman–Crippen LogP) is 4.53. The number of thiazole rings is 1. The van der Waals surface area contributed by atoms with Gasteiger partial charge in [-0.05, 0) is 49.0 Å². The number of rotatable bonds is 6. The number of hydrogen-bond acceptors (Lipinski definition) is 4. The molecule has 25 heavy (non-hydrogen) atoms. The molecular weight excluding hydrogens is 337 g/mol. The molecule has 0 saturated carbocycles. The molecule has 0 saturated heterocycles. The molecule has 0 fully saturated rings. The van der Waals surface area contributed by atoms with E-state index in [9.17, 15) is 9.18 Å². The van der Waals surface area contributed by atoms with Gasteiger partial charge in [-0.3, -0.25) is 15.0 Å². The van der Waals surface area contributed by atoms with Crippen molar-refractivity contribution in [3.63, 3.8) is 0 Å². The molecule has 130 valence electrons. The summed E-state index contributed by atoms with van der Waals surface area (Å²) in [5.41, 5.74) is 2.43. The molecule has 0 bridgehead atoms. The molecule has 1 aromatic heterocycles. The zero-order valence-electron chi connectivity index (χ0n) is 14.3. The van der Waals surface area contributed by atoms with Crippen molar-refractivity contribution in [2.45, 2.75) is 20.4 Å². The number of anilines is 1. The van der Waals surface area contributed by atoms with Gasteiger partial charge in [0.15, 0.2) is 5.13 Å². The van der Waals surface area contributed by atoms with Crippen molar-refractivity contribution in [3.8, 4) is 0 Å². The van der Waals surface area contributed by atoms with Gasteiger partial charge in [-0.2, -0.15) is 0 Å². The average Bonchev–Trinajstić information content (AvgIpc) is 3.01. The van der Waals surface area contributed by atoms with E-state index in [4.69, 9.17) is 0 Å². The molecule has 1 heterocycles. The minimum absolute atomic E-state index is 0.214. The summed E-state index contributed by atoms with van der Waals surface area (Å²) in [4.78, 5) is 19.0. The Hall–Kier alpha value is -2.31. The maximum Gasteiger partial charge on any atom is 0.257 e. The van der Waals surface area contributed by atoms with Crippen molar-refractivity contribution in [3.05, 3.63) is 59.4 Å². The van der Waals surface area contributed by atoms with Crippen LogP contribution in [0.15, 0.2) is 42.5 Å². The lowest BCUT2D eigenvalue weighted by molar-refractivity contribution is 0.102. The van der Waals surface area contributed by atoms with Crippen LogP contribution in [0.25, 0.3) is 10.2 Å². The highest BCUT2D eigenvalue weighted by molar-refractivity contribution is 7.22. The number of benzene rings is 2. The zero-order valence-corrected chi connectivity index (χ0v) is 15.1. The van der Waals surface area contributed by atoms with Crippen LogP contribution in [0.5, 0.6) is 0 Å². The largest absolute Gasteiger partial charge is 0.300 e. The first-order valence-corrected chi connectivity index (χ1v) is 9.09. The number of halogens is 1. The molecule has 3 aromatic rings. The minimum Gasteiger partial charge on any atom is -0.300 e. The van der Waals surface area contributed by atoms with E-state index in [0.29, 0.717) is 20.9 Å². The molecule has 1 N–H and O–H groups in total. The SMILES string of the molecule is CCN(CC)Cc1ccc(C(=O)Nc2nc3ccc(F)cc3s2)cc1. The van der Waals surface area contributed by atoms with Crippen LogP contribution in [0.2, 0.25) is 0 Å². The Morgan fingerprint density at radius 2 is 1.88 bits per heavy atom. The first-order valence-electron chi connectivity index (χ1n) is 8.27. The van der Waals surface area contributed by atoms with E-state index >= 15 is 0 Å². The molecule has 6 heteroatoms. The Labute approximate surface area is 150 Å². The summed E-state index contributed by atoms with van der Waals surface area (Å²) in [6.07, 6.45) is 0. The predicted molar refractivity (Wildman–Crippen MR) is 101 cm³/mol. The molecular formula is C19H20FN3OS. The number of amides is 1. The number of aromatic nitrogens is 1. The molecule has 0 atom stereocenters. The van der Waals surface area contributed by atoms with Gasteiger partial charge in [-0.25, -0.2) is 9.37 Å². The summed E-state index contributed by atoms with van der Waals surface area (Å²) in [6, 6.07) is 12.0. The molecule has 0 unspecified atom stereocenters. The van der Waals surface area contributed by atoms with Gasteiger partial charge in [0.1, 0.15) is 5.82 Å². The van der Waals surface area contributed by atoms with Crippen LogP contribution in [-0.4, -0.2) is 28.9 Å². The number of nitrogens with one attached hydrogen (secondary N) is 1. The van der Waals surface area contributed by atoms with Gasteiger partial charge in [-0.1, -0.05) is 37.3 Å². The fourth-order valence-corrected chi connectivity index (χ4v) is 3.47. The second-order valence-corrected chi connectivity index (χ2v) is 6.77. The quantitative estimate of drug-likeness (QED) is 0.705. The molecule has 2 aromatic carbocycles. The van der Waals surface area contributed by atoms with Crippen LogP contribution in [-0.2, 0) is 6.54 Å². The summed E-state index contributed by atoms with van der Waals surface area (Å²) < 4.78 is 14.0. The van der Waals surface area contributed by atoms with Crippen LogP contribution >= 0.6 is 11.3 Å². The van der Waals surface area contributed by atoms with Crippen molar-refractivity contribution in [2.24, 2.45) is 0 Å². The highest BCUT2D eigenvalue weighted by Crippen LogP contribution is 2.26. The van der Waals surface area contributed by atoms with Crippen LogP contribution in [0.4, 0.5) is 9.52 Å². The Kier molecular flexibility index (Phi) is 5.40. The molecule has 0 aliphatic heterocycles. The number of carbonyl (C=O) groups excluding carboxylic acids is 1. The molecule has 0 aliphatic rings. The first-order chi connectivity index (χ1) is 12.1. The van der Waals surface area contributed by atoms with Gasteiger partial charge >= 0.3 is 0 Å². The number of nitrogens with zero attached hydrogens (tertiary/aromatic N) is 2. The lowest BCUT2D eigenvalue weighted by Crippen LogP contribution is -2.22. The second-order valence-electron chi connectivity index (χ2n) is 5.74. The van der Waals surface area contributed by atoms with E-state index in [-0.39, 0.29) is 11.7 Å². The van der Waals surface area contributed by atoms with E-state index < -0.39 is 0 Å². The maximum atomic E-state index is 13.2. The van der Waals surface area contributed by atoms with Crippen LogP contribution in [0.1, 0.15) is 29.8 Å². The highest BCUT2D eigenvalue weighted by Gasteiger charge is 2.11. The number of hydrogen-bond donors (Lipinski definition) is 1. The molecule has 3 rings (SSSR count). The van der Waals surface area contributed by atoms with Gasteiger partial charge in [0.05, 0.1) is 10.2 Å². The summed E-state index contributed by atoms with van der Waals surface area (Å²) in [5.74, 6) is -0.522. The normalized spacial score (nSPS) is 11.2. The molecule has 0 aliphatic carbocycles. The van der Waals surface area contributed by atoms with Crippen LogP contribution in [0.3, 0.4) is 0 Å². The minimum atomic E-state index is -0.308. The van der Waals surface area contributed by atoms with Crippen molar-refractivity contribution in [2.75, 3.05) is 18.4 Å². The zero-order chi connectivity index (χ0) is 17.8. The van der Waals surface area contributed by atoms with Gasteiger partial charge < -0.3 is 0 Å². The van der Waals surface area contributed by atoms with Gasteiger partial charge in [0.25, 0.3) is 5.91 Å². The molecule has 0 spiro atoms. The van der Waals surface area contributed by atoms with Crippen molar-refractivity contribution < 1.29 is 9.18 Å². The smallest absolute Gasteiger partial charge is 0.257 e. The van der Waals surface area contributed by atoms with Crippen LogP contribution < -0.4 is 5.32 Å². The summed E-state index contributed by atoms with van der Waals surface area (Å²) in [5, 5.41) is 3.26. The lowest BCUT2D eigenvalue weighted by atomic mass is 10.1. The topological polar surface area (TPSA) is 45.2 Å². The summed E-state index contributed by atoms with van der Waals surface area (Å²) in [6.45, 7) is 7.14. The third-order valence-corrected chi connectivity index (χ3v) is 5.02. The Bertz CT molecular complexity index is 872. The van der Waals surface area contributed by atoms with E-state index in [1.165, 1.54) is 29.0 Å². The Morgan fingerprint density at radius 3 is 2.56 bits per heavy atom. The van der Waals surface area contributed by atoms with Crippen molar-refractivity contribution >= 4 is 32.6 Å². The van der Waals surface area contributed by atoms with Crippen molar-refractivity contribution in [1.82, 2.24) is 9.88 Å². The molecule has 0 radical (unpaired) electrons. The van der Waals surface area contributed by atoms with E-state index in [0.717, 1.165) is 19.6 Å². The molecule has 4 nitrogen and oxygen atoms in total. The first kappa shape index (κ1) is 17.5. The average molecular weight is 357 g/mol. The highest BCUT2D eigenvalue weighted by atomic mass is 32.1. The van der Waals surface area contributed by atoms with Gasteiger partial charge in [0.2, 0.25) is 0 Å². The Morgan fingerprint density at radius 1 is 1.16 bits per heavy atom. The summed E-state index contributed by atoms with van der Waals surface area (Å²) >= 11 is 1.26. The van der Waals surface area contributed by atoms with Gasteiger partial charge in [0, 0.05) is 12.1 Å². The fourth-order valence-electron chi connectivity index (χ4n) is 2.59. The third-order valence-electron chi connectivity index (χ3n) is 4.09. The van der Waals surface area contributed by atoms with E-state index in [2.05, 4.69) is 29.0 Å². The van der Waals surface area contributed by atoms with E-state index in [1.54, 1.807) is 6.07 Å². The molecule has 1 amide bonds. The maximum absolute atomic E-state index is 13.2. The standard InChI is InChI=1S/C19H20FN3OS/c1-3-23(4-2)12-13-5-7-14(8-6-13)18(24)22-19-21-16-10-9-15(20)11-17(16)25-19/h5-11H,3-4,12H2,1-2H3,(H,21,22,24). The third kappa shape index (κ3) is 4.21. The van der Waals surface area contributed by atoms with Gasteiger partial charge in [-0.15, -0.1) is 0 Å². The number of carbonyl (C=O) groups is 1. The van der Waals surface area contributed by atoms with Crippen molar-refractivity contribution in [1.29, 1.82) is 0 Å². The number of fused-ring (bicyclic) bond motifs is 1. The monoisotopic (exact) mass is 357 g/mol.